The first-order chi connectivity index (χ1) is 8.90. The summed E-state index contributed by atoms with van der Waals surface area (Å²) in [5.74, 6) is -0.158. The number of halogens is 1. The van der Waals surface area contributed by atoms with Crippen molar-refractivity contribution in [2.45, 2.75) is 19.9 Å². The summed E-state index contributed by atoms with van der Waals surface area (Å²) in [6, 6.07) is 5.14. The van der Waals surface area contributed by atoms with Crippen LogP contribution in [0.25, 0.3) is 0 Å². The van der Waals surface area contributed by atoms with E-state index in [2.05, 4.69) is 5.32 Å². The highest BCUT2D eigenvalue weighted by Crippen LogP contribution is 2.33. The fourth-order valence-electron chi connectivity index (χ4n) is 2.25. The molecular formula is C13H16ClN3O2. The minimum absolute atomic E-state index is 0.0679. The van der Waals surface area contributed by atoms with E-state index >= 15 is 0 Å². The molecule has 2 rings (SSSR count). The fraction of sp³-hybridized carbons (Fsp3) is 0.385. The van der Waals surface area contributed by atoms with Gasteiger partial charge in [-0.2, -0.15) is 0 Å². The van der Waals surface area contributed by atoms with Crippen LogP contribution in [-0.2, 0) is 4.79 Å². The van der Waals surface area contributed by atoms with Gasteiger partial charge in [-0.25, -0.2) is 4.79 Å². The molecule has 0 aromatic heterocycles. The molecule has 5 nitrogen and oxygen atoms in total. The zero-order chi connectivity index (χ0) is 14.2. The lowest BCUT2D eigenvalue weighted by Crippen LogP contribution is -2.32. The first kappa shape index (κ1) is 13.7. The molecule has 1 aromatic rings. The Bertz CT molecular complexity index is 533. The monoisotopic (exact) mass is 281 g/mol. The third kappa shape index (κ3) is 2.66. The minimum Gasteiger partial charge on any atom is -0.326 e. The van der Waals surface area contributed by atoms with Crippen LogP contribution < -0.4 is 10.2 Å². The highest BCUT2D eigenvalue weighted by Gasteiger charge is 2.34. The number of likely N-dealkylation sites (N-methyl/N-ethyl adjacent to an activating group) is 1. The Morgan fingerprint density at radius 2 is 2.16 bits per heavy atom. The van der Waals surface area contributed by atoms with Crippen LogP contribution in [-0.4, -0.2) is 36.5 Å². The van der Waals surface area contributed by atoms with Crippen molar-refractivity contribution in [3.8, 4) is 0 Å². The van der Waals surface area contributed by atoms with Gasteiger partial charge in [0, 0.05) is 26.2 Å². The second-order valence-electron chi connectivity index (χ2n) is 4.73. The lowest BCUT2D eigenvalue weighted by molar-refractivity contribution is -0.114. The smallest absolute Gasteiger partial charge is 0.324 e. The second kappa shape index (κ2) is 5.09. The van der Waals surface area contributed by atoms with Crippen molar-refractivity contribution in [2.75, 3.05) is 23.8 Å². The molecule has 1 aliphatic heterocycles. The van der Waals surface area contributed by atoms with Gasteiger partial charge in [0.25, 0.3) is 0 Å². The van der Waals surface area contributed by atoms with Crippen LogP contribution in [0.3, 0.4) is 0 Å². The van der Waals surface area contributed by atoms with Gasteiger partial charge in [0.05, 0.1) is 16.8 Å². The predicted octanol–water partition coefficient (Wildman–Crippen LogP) is 2.56. The zero-order valence-corrected chi connectivity index (χ0v) is 11.9. The Hall–Kier alpha value is -1.75. The molecule has 0 saturated carbocycles. The number of amides is 3. The second-order valence-corrected chi connectivity index (χ2v) is 5.14. The number of benzene rings is 1. The maximum absolute atomic E-state index is 12.1. The van der Waals surface area contributed by atoms with Crippen molar-refractivity contribution in [3.63, 3.8) is 0 Å². The van der Waals surface area contributed by atoms with Crippen molar-refractivity contribution < 1.29 is 9.59 Å². The molecule has 0 aliphatic carbocycles. The van der Waals surface area contributed by atoms with E-state index in [-0.39, 0.29) is 18.0 Å². The van der Waals surface area contributed by atoms with Crippen molar-refractivity contribution in [3.05, 3.63) is 23.2 Å². The number of carbonyl (C=O) groups excluding carboxylic acids is 2. The maximum atomic E-state index is 12.1. The topological polar surface area (TPSA) is 52.7 Å². The Morgan fingerprint density at radius 1 is 1.47 bits per heavy atom. The van der Waals surface area contributed by atoms with Crippen LogP contribution in [0, 0.1) is 0 Å². The summed E-state index contributed by atoms with van der Waals surface area (Å²) in [7, 11) is 1.76. The van der Waals surface area contributed by atoms with E-state index in [1.54, 1.807) is 35.0 Å². The molecule has 1 fully saturated rings. The lowest BCUT2D eigenvalue weighted by Gasteiger charge is -2.22. The number of nitrogens with one attached hydrogen (secondary N) is 1. The molecule has 6 heteroatoms. The van der Waals surface area contributed by atoms with E-state index in [9.17, 15) is 9.59 Å². The van der Waals surface area contributed by atoms with Gasteiger partial charge in [-0.3, -0.25) is 9.69 Å². The predicted molar refractivity (Wildman–Crippen MR) is 75.7 cm³/mol. The van der Waals surface area contributed by atoms with E-state index < -0.39 is 0 Å². The lowest BCUT2D eigenvalue weighted by atomic mass is 10.2. The van der Waals surface area contributed by atoms with E-state index in [1.807, 2.05) is 6.92 Å². The van der Waals surface area contributed by atoms with Crippen LogP contribution in [0.5, 0.6) is 0 Å². The number of hydrogen-bond acceptors (Lipinski definition) is 2. The van der Waals surface area contributed by atoms with Crippen LogP contribution in [0.15, 0.2) is 18.2 Å². The van der Waals surface area contributed by atoms with Gasteiger partial charge in [-0.1, -0.05) is 11.6 Å². The van der Waals surface area contributed by atoms with Gasteiger partial charge in [0.2, 0.25) is 5.91 Å². The first-order valence-electron chi connectivity index (χ1n) is 6.01. The highest BCUT2D eigenvalue weighted by molar-refractivity contribution is 6.34. The number of rotatable bonds is 2. The fourth-order valence-corrected chi connectivity index (χ4v) is 2.52. The first-order valence-corrected chi connectivity index (χ1v) is 6.39. The third-order valence-corrected chi connectivity index (χ3v) is 3.34. The molecule has 19 heavy (non-hydrogen) atoms. The molecule has 1 aliphatic rings. The standard InChI is InChI=1S/C13H16ClN3O2/c1-8-7-16(3)13(19)17(8)12-5-4-10(6-11(12)14)15-9(2)18/h4-6,8H,7H2,1-3H3,(H,15,18). The average molecular weight is 282 g/mol. The van der Waals surface area contributed by atoms with Crippen LogP contribution in [0.4, 0.5) is 16.2 Å². The summed E-state index contributed by atoms with van der Waals surface area (Å²) >= 11 is 6.21. The van der Waals surface area contributed by atoms with Gasteiger partial charge >= 0.3 is 6.03 Å². The Kier molecular flexibility index (Phi) is 3.66. The molecule has 1 atom stereocenters. The van der Waals surface area contributed by atoms with E-state index in [0.29, 0.717) is 22.9 Å². The molecule has 3 amide bonds. The largest absolute Gasteiger partial charge is 0.326 e. The Balaban J connectivity index is 2.31. The third-order valence-electron chi connectivity index (χ3n) is 3.04. The molecule has 0 spiro atoms. The van der Waals surface area contributed by atoms with E-state index in [4.69, 9.17) is 11.6 Å². The van der Waals surface area contributed by atoms with Crippen molar-refractivity contribution in [2.24, 2.45) is 0 Å². The maximum Gasteiger partial charge on any atom is 0.324 e. The van der Waals surface area contributed by atoms with Crippen LogP contribution in [0.1, 0.15) is 13.8 Å². The highest BCUT2D eigenvalue weighted by atomic mass is 35.5. The summed E-state index contributed by atoms with van der Waals surface area (Å²) < 4.78 is 0. The normalized spacial score (nSPS) is 18.9. The van der Waals surface area contributed by atoms with E-state index in [0.717, 1.165) is 0 Å². The summed E-state index contributed by atoms with van der Waals surface area (Å²) in [6.07, 6.45) is 0. The summed E-state index contributed by atoms with van der Waals surface area (Å²) in [5.41, 5.74) is 1.28. The quantitative estimate of drug-likeness (QED) is 0.906. The van der Waals surface area contributed by atoms with Crippen LogP contribution in [0.2, 0.25) is 5.02 Å². The number of hydrogen-bond donors (Lipinski definition) is 1. The van der Waals surface area contributed by atoms with Crippen molar-refractivity contribution in [1.82, 2.24) is 4.90 Å². The molecule has 0 bridgehead atoms. The summed E-state index contributed by atoms with van der Waals surface area (Å²) in [6.45, 7) is 4.07. The van der Waals surface area contributed by atoms with Crippen molar-refractivity contribution >= 4 is 34.9 Å². The van der Waals surface area contributed by atoms with Gasteiger partial charge in [-0.05, 0) is 25.1 Å². The van der Waals surface area contributed by atoms with Gasteiger partial charge in [0.15, 0.2) is 0 Å². The Morgan fingerprint density at radius 3 is 2.63 bits per heavy atom. The molecule has 0 radical (unpaired) electrons. The van der Waals surface area contributed by atoms with Gasteiger partial charge < -0.3 is 10.2 Å². The number of urea groups is 1. The molecule has 1 unspecified atom stereocenters. The van der Waals surface area contributed by atoms with Crippen LogP contribution >= 0.6 is 11.6 Å². The molecule has 1 N–H and O–H groups in total. The minimum atomic E-state index is -0.158. The molecule has 1 aromatic carbocycles. The molecule has 102 valence electrons. The average Bonchev–Trinajstić information content (AvgIpc) is 2.54. The van der Waals surface area contributed by atoms with Gasteiger partial charge in [-0.15, -0.1) is 0 Å². The molecule has 1 heterocycles. The number of nitrogens with zero attached hydrogens (tertiary/aromatic N) is 2. The Labute approximate surface area is 117 Å². The van der Waals surface area contributed by atoms with Crippen molar-refractivity contribution in [1.29, 1.82) is 0 Å². The molecular weight excluding hydrogens is 266 g/mol. The van der Waals surface area contributed by atoms with E-state index in [1.165, 1.54) is 6.92 Å². The summed E-state index contributed by atoms with van der Waals surface area (Å²) in [5, 5.41) is 3.10. The SMILES string of the molecule is CC(=O)Nc1ccc(N2C(=O)N(C)CC2C)c(Cl)c1. The number of carbonyl (C=O) groups is 2. The number of anilines is 2. The zero-order valence-electron chi connectivity index (χ0n) is 11.1. The summed E-state index contributed by atoms with van der Waals surface area (Å²) in [4.78, 5) is 26.4. The molecule has 1 saturated heterocycles. The van der Waals surface area contributed by atoms with Gasteiger partial charge in [0.1, 0.15) is 0 Å².